The zero-order chi connectivity index (χ0) is 12.8. The standard InChI is InChI=1S/C13H19FN2O/c1-10(8-15-2)13(17)16(3)9-11-5-4-6-12(14)7-11/h4-7,10,15H,8-9H2,1-3H3. The molecule has 17 heavy (non-hydrogen) atoms. The highest BCUT2D eigenvalue weighted by atomic mass is 19.1. The number of carbonyl (C=O) groups is 1. The monoisotopic (exact) mass is 238 g/mol. The van der Waals surface area contributed by atoms with E-state index in [4.69, 9.17) is 0 Å². The first-order valence-corrected chi connectivity index (χ1v) is 5.68. The fourth-order valence-electron chi connectivity index (χ4n) is 1.76. The molecule has 1 aromatic carbocycles. The molecule has 1 atom stereocenters. The molecule has 4 heteroatoms. The van der Waals surface area contributed by atoms with Crippen LogP contribution in [0.2, 0.25) is 0 Å². The summed E-state index contributed by atoms with van der Waals surface area (Å²) in [5.74, 6) is -0.284. The Labute approximate surface area is 102 Å². The van der Waals surface area contributed by atoms with Crippen molar-refractivity contribution in [3.63, 3.8) is 0 Å². The van der Waals surface area contributed by atoms with Gasteiger partial charge in [-0.25, -0.2) is 4.39 Å². The van der Waals surface area contributed by atoms with Gasteiger partial charge in [-0.15, -0.1) is 0 Å². The molecular weight excluding hydrogens is 219 g/mol. The van der Waals surface area contributed by atoms with Crippen molar-refractivity contribution < 1.29 is 9.18 Å². The van der Waals surface area contributed by atoms with Crippen LogP contribution in [0.15, 0.2) is 24.3 Å². The zero-order valence-corrected chi connectivity index (χ0v) is 10.5. The van der Waals surface area contributed by atoms with Crippen LogP contribution in [0.25, 0.3) is 0 Å². The van der Waals surface area contributed by atoms with Crippen LogP contribution in [0, 0.1) is 11.7 Å². The number of benzene rings is 1. The fraction of sp³-hybridized carbons (Fsp3) is 0.462. The van der Waals surface area contributed by atoms with Crippen molar-refractivity contribution in [2.24, 2.45) is 5.92 Å². The fourth-order valence-corrected chi connectivity index (χ4v) is 1.76. The molecule has 3 nitrogen and oxygen atoms in total. The highest BCUT2D eigenvalue weighted by Crippen LogP contribution is 2.08. The summed E-state index contributed by atoms with van der Waals surface area (Å²) < 4.78 is 13.0. The number of hydrogen-bond donors (Lipinski definition) is 1. The summed E-state index contributed by atoms with van der Waals surface area (Å²) >= 11 is 0. The first-order chi connectivity index (χ1) is 8.04. The molecule has 0 saturated carbocycles. The van der Waals surface area contributed by atoms with Gasteiger partial charge in [0, 0.05) is 26.1 Å². The van der Waals surface area contributed by atoms with Crippen LogP contribution in [-0.2, 0) is 11.3 Å². The first kappa shape index (κ1) is 13.6. The summed E-state index contributed by atoms with van der Waals surface area (Å²) in [7, 11) is 3.55. The van der Waals surface area contributed by atoms with E-state index in [9.17, 15) is 9.18 Å². The minimum absolute atomic E-state index is 0.0589. The van der Waals surface area contributed by atoms with Crippen molar-refractivity contribution in [1.82, 2.24) is 10.2 Å². The van der Waals surface area contributed by atoms with Gasteiger partial charge < -0.3 is 10.2 Å². The third-order valence-electron chi connectivity index (χ3n) is 2.62. The Hall–Kier alpha value is -1.42. The van der Waals surface area contributed by atoms with Crippen molar-refractivity contribution in [2.75, 3.05) is 20.6 Å². The smallest absolute Gasteiger partial charge is 0.226 e. The highest BCUT2D eigenvalue weighted by Gasteiger charge is 2.16. The summed E-state index contributed by atoms with van der Waals surface area (Å²) in [5.41, 5.74) is 0.803. The van der Waals surface area contributed by atoms with Gasteiger partial charge in [0.05, 0.1) is 0 Å². The SMILES string of the molecule is CNCC(C)C(=O)N(C)Cc1cccc(F)c1. The van der Waals surface area contributed by atoms with E-state index in [1.54, 1.807) is 18.0 Å². The molecular formula is C13H19FN2O. The molecule has 0 fully saturated rings. The van der Waals surface area contributed by atoms with E-state index in [-0.39, 0.29) is 17.6 Å². The number of amides is 1. The van der Waals surface area contributed by atoms with E-state index in [1.165, 1.54) is 12.1 Å². The highest BCUT2D eigenvalue weighted by molar-refractivity contribution is 5.78. The second-order valence-corrected chi connectivity index (χ2v) is 4.28. The van der Waals surface area contributed by atoms with Crippen molar-refractivity contribution in [3.05, 3.63) is 35.6 Å². The molecule has 0 aliphatic carbocycles. The molecule has 0 aliphatic heterocycles. The topological polar surface area (TPSA) is 32.3 Å². The lowest BCUT2D eigenvalue weighted by molar-refractivity contribution is -0.134. The Balaban J connectivity index is 2.59. The Kier molecular flexibility index (Phi) is 5.10. The Morgan fingerprint density at radius 2 is 2.24 bits per heavy atom. The van der Waals surface area contributed by atoms with Gasteiger partial charge in [0.2, 0.25) is 5.91 Å². The van der Waals surface area contributed by atoms with Crippen LogP contribution in [0.3, 0.4) is 0 Å². The molecule has 0 aromatic heterocycles. The number of nitrogens with zero attached hydrogens (tertiary/aromatic N) is 1. The molecule has 0 aliphatic rings. The molecule has 0 heterocycles. The molecule has 1 unspecified atom stereocenters. The van der Waals surface area contributed by atoms with Gasteiger partial charge in [-0.05, 0) is 24.7 Å². The van der Waals surface area contributed by atoms with Gasteiger partial charge in [-0.2, -0.15) is 0 Å². The van der Waals surface area contributed by atoms with Gasteiger partial charge in [0.15, 0.2) is 0 Å². The normalized spacial score (nSPS) is 12.2. The third kappa shape index (κ3) is 4.15. The lowest BCUT2D eigenvalue weighted by Gasteiger charge is -2.21. The van der Waals surface area contributed by atoms with Crippen LogP contribution in [-0.4, -0.2) is 31.4 Å². The zero-order valence-electron chi connectivity index (χ0n) is 10.5. The molecule has 1 rings (SSSR count). The Bertz CT molecular complexity index is 381. The molecule has 0 bridgehead atoms. The summed E-state index contributed by atoms with van der Waals surface area (Å²) in [6.45, 7) is 2.96. The van der Waals surface area contributed by atoms with E-state index < -0.39 is 0 Å². The predicted molar refractivity (Wildman–Crippen MR) is 66.0 cm³/mol. The minimum atomic E-state index is -0.272. The first-order valence-electron chi connectivity index (χ1n) is 5.68. The average molecular weight is 238 g/mol. The number of halogens is 1. The summed E-state index contributed by atoms with van der Waals surface area (Å²) in [6.07, 6.45) is 0. The van der Waals surface area contributed by atoms with E-state index in [1.807, 2.05) is 20.0 Å². The van der Waals surface area contributed by atoms with Gasteiger partial charge in [0.25, 0.3) is 0 Å². The molecule has 1 N–H and O–H groups in total. The average Bonchev–Trinajstić information content (AvgIpc) is 2.28. The second kappa shape index (κ2) is 6.35. The lowest BCUT2D eigenvalue weighted by atomic mass is 10.1. The van der Waals surface area contributed by atoms with Gasteiger partial charge in [0.1, 0.15) is 5.82 Å². The summed E-state index contributed by atoms with van der Waals surface area (Å²) in [4.78, 5) is 13.5. The van der Waals surface area contributed by atoms with Crippen LogP contribution in [0.1, 0.15) is 12.5 Å². The van der Waals surface area contributed by atoms with Crippen molar-refractivity contribution in [1.29, 1.82) is 0 Å². The molecule has 1 amide bonds. The number of hydrogen-bond acceptors (Lipinski definition) is 2. The number of nitrogens with one attached hydrogen (secondary N) is 1. The third-order valence-corrected chi connectivity index (χ3v) is 2.62. The molecule has 0 saturated heterocycles. The Morgan fingerprint density at radius 1 is 1.53 bits per heavy atom. The molecule has 0 radical (unpaired) electrons. The number of rotatable bonds is 5. The maximum Gasteiger partial charge on any atom is 0.226 e. The molecule has 1 aromatic rings. The largest absolute Gasteiger partial charge is 0.341 e. The maximum absolute atomic E-state index is 13.0. The van der Waals surface area contributed by atoms with Crippen molar-refractivity contribution in [2.45, 2.75) is 13.5 Å². The quantitative estimate of drug-likeness (QED) is 0.845. The van der Waals surface area contributed by atoms with Gasteiger partial charge in [-0.3, -0.25) is 4.79 Å². The summed E-state index contributed by atoms with van der Waals surface area (Å²) in [6, 6.07) is 6.32. The van der Waals surface area contributed by atoms with Gasteiger partial charge in [-0.1, -0.05) is 19.1 Å². The van der Waals surface area contributed by atoms with E-state index in [2.05, 4.69) is 5.32 Å². The van der Waals surface area contributed by atoms with Gasteiger partial charge >= 0.3 is 0 Å². The van der Waals surface area contributed by atoms with Crippen LogP contribution in [0.5, 0.6) is 0 Å². The minimum Gasteiger partial charge on any atom is -0.341 e. The Morgan fingerprint density at radius 3 is 2.82 bits per heavy atom. The van der Waals surface area contributed by atoms with Crippen LogP contribution in [0.4, 0.5) is 4.39 Å². The van der Waals surface area contributed by atoms with Crippen molar-refractivity contribution in [3.8, 4) is 0 Å². The maximum atomic E-state index is 13.0. The van der Waals surface area contributed by atoms with E-state index in [0.717, 1.165) is 5.56 Å². The molecule has 94 valence electrons. The predicted octanol–water partition coefficient (Wildman–Crippen LogP) is 1.64. The van der Waals surface area contributed by atoms with Crippen molar-refractivity contribution >= 4 is 5.91 Å². The second-order valence-electron chi connectivity index (χ2n) is 4.28. The van der Waals surface area contributed by atoms with E-state index >= 15 is 0 Å². The van der Waals surface area contributed by atoms with Crippen LogP contribution < -0.4 is 5.32 Å². The molecule has 0 spiro atoms. The summed E-state index contributed by atoms with van der Waals surface area (Å²) in [5, 5.41) is 2.97. The van der Waals surface area contributed by atoms with Crippen LogP contribution >= 0.6 is 0 Å². The number of carbonyl (C=O) groups excluding carboxylic acids is 1. The lowest BCUT2D eigenvalue weighted by Crippen LogP contribution is -2.35. The van der Waals surface area contributed by atoms with E-state index in [0.29, 0.717) is 13.1 Å².